The lowest BCUT2D eigenvalue weighted by Gasteiger charge is -2.40. The van der Waals surface area contributed by atoms with Gasteiger partial charge in [-0.2, -0.15) is 0 Å². The Bertz CT molecular complexity index is 355. The van der Waals surface area contributed by atoms with E-state index in [1.54, 1.807) is 0 Å². The zero-order valence-electron chi connectivity index (χ0n) is 12.3. The fourth-order valence-electron chi connectivity index (χ4n) is 3.06. The molecule has 0 spiro atoms. The SMILES string of the molecule is CC(CN)(CCc1ccccc1)N1CCCCCC1. The summed E-state index contributed by atoms with van der Waals surface area (Å²) in [4.78, 5) is 2.64. The summed E-state index contributed by atoms with van der Waals surface area (Å²) in [6, 6.07) is 10.8. The van der Waals surface area contributed by atoms with Crippen molar-refractivity contribution in [3.63, 3.8) is 0 Å². The normalized spacial score (nSPS) is 20.7. The lowest BCUT2D eigenvalue weighted by atomic mass is 9.91. The minimum atomic E-state index is 0.167. The third-order valence-electron chi connectivity index (χ3n) is 4.60. The molecule has 1 aliphatic rings. The zero-order valence-corrected chi connectivity index (χ0v) is 12.3. The molecular weight excluding hydrogens is 232 g/mol. The average molecular weight is 260 g/mol. The van der Waals surface area contributed by atoms with Gasteiger partial charge in [-0.05, 0) is 51.3 Å². The van der Waals surface area contributed by atoms with Crippen molar-refractivity contribution in [1.29, 1.82) is 0 Å². The molecule has 0 amide bonds. The van der Waals surface area contributed by atoms with Crippen LogP contribution in [-0.2, 0) is 6.42 Å². The van der Waals surface area contributed by atoms with E-state index < -0.39 is 0 Å². The van der Waals surface area contributed by atoms with Crippen molar-refractivity contribution in [2.24, 2.45) is 5.73 Å². The molecule has 0 radical (unpaired) electrons. The van der Waals surface area contributed by atoms with E-state index in [0.717, 1.165) is 19.4 Å². The van der Waals surface area contributed by atoms with Crippen LogP contribution in [0, 0.1) is 0 Å². The number of nitrogens with two attached hydrogens (primary N) is 1. The van der Waals surface area contributed by atoms with Crippen molar-refractivity contribution in [2.75, 3.05) is 19.6 Å². The number of likely N-dealkylation sites (tertiary alicyclic amines) is 1. The molecule has 1 aliphatic heterocycles. The number of nitrogens with zero attached hydrogens (tertiary/aromatic N) is 1. The van der Waals surface area contributed by atoms with Crippen molar-refractivity contribution in [1.82, 2.24) is 4.90 Å². The van der Waals surface area contributed by atoms with E-state index in [4.69, 9.17) is 5.73 Å². The molecule has 0 aliphatic carbocycles. The number of hydrogen-bond acceptors (Lipinski definition) is 2. The Morgan fingerprint density at radius 2 is 1.68 bits per heavy atom. The maximum absolute atomic E-state index is 6.11. The molecule has 2 heteroatoms. The van der Waals surface area contributed by atoms with Crippen LogP contribution in [0.15, 0.2) is 30.3 Å². The van der Waals surface area contributed by atoms with Crippen molar-refractivity contribution < 1.29 is 0 Å². The Morgan fingerprint density at radius 3 is 2.26 bits per heavy atom. The van der Waals surface area contributed by atoms with Gasteiger partial charge in [-0.25, -0.2) is 0 Å². The summed E-state index contributed by atoms with van der Waals surface area (Å²) >= 11 is 0. The van der Waals surface area contributed by atoms with Gasteiger partial charge in [0.1, 0.15) is 0 Å². The van der Waals surface area contributed by atoms with Crippen molar-refractivity contribution in [3.8, 4) is 0 Å². The highest BCUT2D eigenvalue weighted by Gasteiger charge is 2.30. The summed E-state index contributed by atoms with van der Waals surface area (Å²) in [5.41, 5.74) is 7.71. The first-order valence-corrected chi connectivity index (χ1v) is 7.74. The lowest BCUT2D eigenvalue weighted by Crippen LogP contribution is -2.52. The maximum atomic E-state index is 6.11. The summed E-state index contributed by atoms with van der Waals surface area (Å²) < 4.78 is 0. The average Bonchev–Trinajstić information content (AvgIpc) is 2.75. The molecule has 1 aromatic rings. The number of benzene rings is 1. The standard InChI is InChI=1S/C17H28N2/c1-17(15-18,19-13-7-2-3-8-14-19)12-11-16-9-5-4-6-10-16/h4-6,9-10H,2-3,7-8,11-15,18H2,1H3. The first kappa shape index (κ1) is 14.5. The van der Waals surface area contributed by atoms with Crippen LogP contribution < -0.4 is 5.73 Å². The third-order valence-corrected chi connectivity index (χ3v) is 4.60. The zero-order chi connectivity index (χ0) is 13.6. The van der Waals surface area contributed by atoms with Gasteiger partial charge in [0.05, 0.1) is 0 Å². The van der Waals surface area contributed by atoms with Gasteiger partial charge < -0.3 is 5.73 Å². The van der Waals surface area contributed by atoms with Gasteiger partial charge in [-0.1, -0.05) is 43.2 Å². The quantitative estimate of drug-likeness (QED) is 0.881. The Labute approximate surface area is 118 Å². The molecule has 2 nitrogen and oxygen atoms in total. The van der Waals surface area contributed by atoms with Gasteiger partial charge in [-0.15, -0.1) is 0 Å². The van der Waals surface area contributed by atoms with E-state index in [0.29, 0.717) is 0 Å². The van der Waals surface area contributed by atoms with E-state index in [9.17, 15) is 0 Å². The molecule has 2 rings (SSSR count). The number of aryl methyl sites for hydroxylation is 1. The van der Waals surface area contributed by atoms with Gasteiger partial charge in [0.25, 0.3) is 0 Å². The predicted octanol–water partition coefficient (Wildman–Crippen LogP) is 3.21. The Hall–Kier alpha value is -0.860. The highest BCUT2D eigenvalue weighted by molar-refractivity contribution is 5.15. The molecule has 1 atom stereocenters. The van der Waals surface area contributed by atoms with Gasteiger partial charge in [0, 0.05) is 12.1 Å². The smallest absolute Gasteiger partial charge is 0.0306 e. The van der Waals surface area contributed by atoms with E-state index >= 15 is 0 Å². The molecular formula is C17H28N2. The Morgan fingerprint density at radius 1 is 1.05 bits per heavy atom. The monoisotopic (exact) mass is 260 g/mol. The van der Waals surface area contributed by atoms with Gasteiger partial charge in [0.15, 0.2) is 0 Å². The Kier molecular flexibility index (Phi) is 5.41. The van der Waals surface area contributed by atoms with E-state index in [1.807, 2.05) is 0 Å². The topological polar surface area (TPSA) is 29.3 Å². The minimum absolute atomic E-state index is 0.167. The summed E-state index contributed by atoms with van der Waals surface area (Å²) in [6.07, 6.45) is 7.73. The van der Waals surface area contributed by atoms with E-state index in [1.165, 1.54) is 44.3 Å². The molecule has 1 fully saturated rings. The number of hydrogen-bond donors (Lipinski definition) is 1. The third kappa shape index (κ3) is 4.05. The first-order valence-electron chi connectivity index (χ1n) is 7.74. The van der Waals surface area contributed by atoms with Crippen molar-refractivity contribution >= 4 is 0 Å². The molecule has 2 N–H and O–H groups in total. The fraction of sp³-hybridized carbons (Fsp3) is 0.647. The van der Waals surface area contributed by atoms with Crippen LogP contribution in [0.4, 0.5) is 0 Å². The fourth-order valence-corrected chi connectivity index (χ4v) is 3.06. The van der Waals surface area contributed by atoms with Gasteiger partial charge >= 0.3 is 0 Å². The summed E-state index contributed by atoms with van der Waals surface area (Å²) in [5, 5.41) is 0. The summed E-state index contributed by atoms with van der Waals surface area (Å²) in [7, 11) is 0. The summed E-state index contributed by atoms with van der Waals surface area (Å²) in [5.74, 6) is 0. The highest BCUT2D eigenvalue weighted by Crippen LogP contribution is 2.24. The van der Waals surface area contributed by atoms with E-state index in [-0.39, 0.29) is 5.54 Å². The predicted molar refractivity (Wildman–Crippen MR) is 82.3 cm³/mol. The van der Waals surface area contributed by atoms with Crippen LogP contribution in [0.2, 0.25) is 0 Å². The molecule has 1 saturated heterocycles. The Balaban J connectivity index is 1.96. The van der Waals surface area contributed by atoms with Crippen LogP contribution in [0.3, 0.4) is 0 Å². The van der Waals surface area contributed by atoms with Gasteiger partial charge in [0.2, 0.25) is 0 Å². The van der Waals surface area contributed by atoms with Gasteiger partial charge in [-0.3, -0.25) is 4.90 Å². The number of rotatable bonds is 5. The van der Waals surface area contributed by atoms with Crippen molar-refractivity contribution in [2.45, 2.75) is 51.0 Å². The van der Waals surface area contributed by atoms with Crippen molar-refractivity contribution in [3.05, 3.63) is 35.9 Å². The van der Waals surface area contributed by atoms with Crippen LogP contribution in [0.5, 0.6) is 0 Å². The molecule has 106 valence electrons. The molecule has 0 bridgehead atoms. The molecule has 0 aromatic heterocycles. The second-order valence-electron chi connectivity index (χ2n) is 6.09. The second-order valence-corrected chi connectivity index (χ2v) is 6.09. The minimum Gasteiger partial charge on any atom is -0.329 e. The first-order chi connectivity index (χ1) is 9.24. The molecule has 19 heavy (non-hydrogen) atoms. The molecule has 0 saturated carbocycles. The van der Waals surface area contributed by atoms with E-state index in [2.05, 4.69) is 42.2 Å². The van der Waals surface area contributed by atoms with Crippen LogP contribution in [0.25, 0.3) is 0 Å². The lowest BCUT2D eigenvalue weighted by molar-refractivity contribution is 0.106. The molecule has 1 aromatic carbocycles. The summed E-state index contributed by atoms with van der Waals surface area (Å²) in [6.45, 7) is 5.56. The molecule has 1 unspecified atom stereocenters. The largest absolute Gasteiger partial charge is 0.329 e. The van der Waals surface area contributed by atoms with Crippen LogP contribution in [0.1, 0.15) is 44.6 Å². The maximum Gasteiger partial charge on any atom is 0.0306 e. The second kappa shape index (κ2) is 7.06. The molecule has 1 heterocycles. The van der Waals surface area contributed by atoms with Crippen LogP contribution >= 0.6 is 0 Å². The van der Waals surface area contributed by atoms with Crippen LogP contribution in [-0.4, -0.2) is 30.1 Å². The highest BCUT2D eigenvalue weighted by atomic mass is 15.2.